The first-order valence-corrected chi connectivity index (χ1v) is 9.77. The Labute approximate surface area is 180 Å². The third kappa shape index (κ3) is 7.08. The molecule has 3 aromatic rings. The monoisotopic (exact) mass is 420 g/mol. The molecule has 0 radical (unpaired) electrons. The van der Waals surface area contributed by atoms with Crippen LogP contribution in [0.25, 0.3) is 0 Å². The minimum Gasteiger partial charge on any atom is -0.497 e. The van der Waals surface area contributed by atoms with Crippen molar-refractivity contribution in [3.05, 3.63) is 90.0 Å². The Hall–Kier alpha value is -4.00. The molecule has 0 aliphatic heterocycles. The Kier molecular flexibility index (Phi) is 7.88. The number of para-hydroxylation sites is 1. The van der Waals surface area contributed by atoms with Crippen LogP contribution in [0.15, 0.2) is 78.9 Å². The van der Waals surface area contributed by atoms with Gasteiger partial charge in [0.1, 0.15) is 30.5 Å². The quantitative estimate of drug-likeness (QED) is 0.410. The number of methoxy groups -OCH3 is 1. The summed E-state index contributed by atoms with van der Waals surface area (Å²) in [5, 5.41) is 0. The van der Waals surface area contributed by atoms with Gasteiger partial charge in [-0.1, -0.05) is 36.4 Å². The Morgan fingerprint density at radius 2 is 1.42 bits per heavy atom. The molecule has 0 fully saturated rings. The summed E-state index contributed by atoms with van der Waals surface area (Å²) in [4.78, 5) is 24.4. The molecular formula is C24H24N2O5. The van der Waals surface area contributed by atoms with Crippen LogP contribution in [0.4, 0.5) is 0 Å². The summed E-state index contributed by atoms with van der Waals surface area (Å²) in [5.41, 5.74) is 6.00. The number of carbonyl (C=O) groups is 2. The molecule has 160 valence electrons. The molecule has 0 saturated heterocycles. The second kappa shape index (κ2) is 11.3. The summed E-state index contributed by atoms with van der Waals surface area (Å²) >= 11 is 0. The van der Waals surface area contributed by atoms with E-state index in [0.29, 0.717) is 30.3 Å². The first-order valence-electron chi connectivity index (χ1n) is 9.77. The lowest BCUT2D eigenvalue weighted by molar-refractivity contribution is -0.121. The van der Waals surface area contributed by atoms with Crippen molar-refractivity contribution in [1.29, 1.82) is 0 Å². The maximum absolute atomic E-state index is 12.3. The molecule has 7 heteroatoms. The third-order valence-electron chi connectivity index (χ3n) is 4.30. The third-order valence-corrected chi connectivity index (χ3v) is 4.30. The van der Waals surface area contributed by atoms with E-state index in [2.05, 4.69) is 10.9 Å². The fourth-order valence-corrected chi connectivity index (χ4v) is 2.73. The molecule has 3 rings (SSSR count). The number of nitrogens with one attached hydrogen (secondary N) is 2. The van der Waals surface area contributed by atoms with Crippen LogP contribution < -0.4 is 25.1 Å². The predicted octanol–water partition coefficient (Wildman–Crippen LogP) is 3.16. The van der Waals surface area contributed by atoms with Crippen LogP contribution in [0.3, 0.4) is 0 Å². The molecule has 3 aromatic carbocycles. The van der Waals surface area contributed by atoms with Crippen LogP contribution in [-0.4, -0.2) is 32.1 Å². The standard InChI is InChI=1S/C24H24N2O5/c1-29-20-12-10-18(11-13-20)16-23(27)25-26-24(28)19-6-5-9-22(17-19)31-15-14-30-21-7-3-2-4-8-21/h2-13,17H,14-16H2,1H3,(H,25,27)(H,26,28). The molecule has 0 spiro atoms. The molecule has 0 atom stereocenters. The normalized spacial score (nSPS) is 10.1. The highest BCUT2D eigenvalue weighted by Gasteiger charge is 2.09. The summed E-state index contributed by atoms with van der Waals surface area (Å²) in [6.45, 7) is 0.709. The fourth-order valence-electron chi connectivity index (χ4n) is 2.73. The van der Waals surface area contributed by atoms with Gasteiger partial charge in [0.15, 0.2) is 0 Å². The maximum atomic E-state index is 12.3. The summed E-state index contributed by atoms with van der Waals surface area (Å²) in [6.07, 6.45) is 0.134. The Morgan fingerprint density at radius 3 is 2.13 bits per heavy atom. The lowest BCUT2D eigenvalue weighted by Crippen LogP contribution is -2.42. The minimum atomic E-state index is -0.436. The SMILES string of the molecule is COc1ccc(CC(=O)NNC(=O)c2cccc(OCCOc3ccccc3)c2)cc1. The van der Waals surface area contributed by atoms with E-state index in [1.165, 1.54) is 0 Å². The fraction of sp³-hybridized carbons (Fsp3) is 0.167. The van der Waals surface area contributed by atoms with E-state index < -0.39 is 5.91 Å². The van der Waals surface area contributed by atoms with Gasteiger partial charge in [0.05, 0.1) is 13.5 Å². The molecule has 0 unspecified atom stereocenters. The maximum Gasteiger partial charge on any atom is 0.269 e. The van der Waals surface area contributed by atoms with Crippen LogP contribution in [0.1, 0.15) is 15.9 Å². The van der Waals surface area contributed by atoms with Crippen molar-refractivity contribution in [3.63, 3.8) is 0 Å². The average molecular weight is 420 g/mol. The predicted molar refractivity (Wildman–Crippen MR) is 116 cm³/mol. The summed E-state index contributed by atoms with van der Waals surface area (Å²) in [6, 6.07) is 23.3. The topological polar surface area (TPSA) is 85.9 Å². The van der Waals surface area contributed by atoms with E-state index in [4.69, 9.17) is 14.2 Å². The highest BCUT2D eigenvalue weighted by Crippen LogP contribution is 2.14. The van der Waals surface area contributed by atoms with Crippen molar-refractivity contribution in [1.82, 2.24) is 10.9 Å². The van der Waals surface area contributed by atoms with E-state index in [1.54, 1.807) is 55.6 Å². The molecular weight excluding hydrogens is 396 g/mol. The van der Waals surface area contributed by atoms with Crippen molar-refractivity contribution in [2.24, 2.45) is 0 Å². The Balaban J connectivity index is 1.42. The highest BCUT2D eigenvalue weighted by atomic mass is 16.5. The second-order valence-electron chi connectivity index (χ2n) is 6.56. The number of hydrogen-bond donors (Lipinski definition) is 2. The van der Waals surface area contributed by atoms with Gasteiger partial charge in [-0.25, -0.2) is 0 Å². The van der Waals surface area contributed by atoms with Crippen LogP contribution >= 0.6 is 0 Å². The van der Waals surface area contributed by atoms with Crippen molar-refractivity contribution in [2.45, 2.75) is 6.42 Å². The van der Waals surface area contributed by atoms with Crippen molar-refractivity contribution >= 4 is 11.8 Å². The molecule has 2 amide bonds. The molecule has 0 bridgehead atoms. The van der Waals surface area contributed by atoms with Gasteiger partial charge in [-0.15, -0.1) is 0 Å². The minimum absolute atomic E-state index is 0.134. The second-order valence-corrected chi connectivity index (χ2v) is 6.56. The van der Waals surface area contributed by atoms with Crippen molar-refractivity contribution in [3.8, 4) is 17.2 Å². The first-order chi connectivity index (χ1) is 15.1. The van der Waals surface area contributed by atoms with Crippen LogP contribution in [0.5, 0.6) is 17.2 Å². The summed E-state index contributed by atoms with van der Waals surface area (Å²) in [7, 11) is 1.58. The zero-order valence-corrected chi connectivity index (χ0v) is 17.2. The molecule has 2 N–H and O–H groups in total. The lowest BCUT2D eigenvalue weighted by atomic mass is 10.1. The number of carbonyl (C=O) groups excluding carboxylic acids is 2. The van der Waals surface area contributed by atoms with Gasteiger partial charge in [0, 0.05) is 5.56 Å². The number of hydrogen-bond acceptors (Lipinski definition) is 5. The highest BCUT2D eigenvalue weighted by molar-refractivity contribution is 5.95. The van der Waals surface area contributed by atoms with Crippen LogP contribution in [0.2, 0.25) is 0 Å². The average Bonchev–Trinajstić information content (AvgIpc) is 2.81. The summed E-state index contributed by atoms with van der Waals surface area (Å²) in [5.74, 6) is 1.25. The number of ether oxygens (including phenoxy) is 3. The van der Waals surface area contributed by atoms with E-state index >= 15 is 0 Å². The van der Waals surface area contributed by atoms with E-state index in [1.807, 2.05) is 30.3 Å². The van der Waals surface area contributed by atoms with Gasteiger partial charge in [-0.05, 0) is 48.0 Å². The first kappa shape index (κ1) is 21.7. The number of amides is 2. The molecule has 0 heterocycles. The van der Waals surface area contributed by atoms with Crippen molar-refractivity contribution < 1.29 is 23.8 Å². The molecule has 0 aliphatic rings. The van der Waals surface area contributed by atoms with Gasteiger partial charge in [-0.3, -0.25) is 20.4 Å². The Bertz CT molecular complexity index is 990. The zero-order valence-electron chi connectivity index (χ0n) is 17.2. The van der Waals surface area contributed by atoms with Crippen molar-refractivity contribution in [2.75, 3.05) is 20.3 Å². The summed E-state index contributed by atoms with van der Waals surface area (Å²) < 4.78 is 16.3. The number of rotatable bonds is 9. The van der Waals surface area contributed by atoms with Gasteiger partial charge >= 0.3 is 0 Å². The van der Waals surface area contributed by atoms with E-state index in [0.717, 1.165) is 11.3 Å². The molecule has 7 nitrogen and oxygen atoms in total. The van der Waals surface area contributed by atoms with Crippen LogP contribution in [-0.2, 0) is 11.2 Å². The van der Waals surface area contributed by atoms with Crippen LogP contribution in [0, 0.1) is 0 Å². The number of benzene rings is 3. The number of hydrazine groups is 1. The molecule has 0 aromatic heterocycles. The van der Waals surface area contributed by atoms with E-state index in [9.17, 15) is 9.59 Å². The lowest BCUT2D eigenvalue weighted by Gasteiger charge is -2.10. The van der Waals surface area contributed by atoms with Gasteiger partial charge in [0.2, 0.25) is 5.91 Å². The zero-order chi connectivity index (χ0) is 21.9. The molecule has 0 aliphatic carbocycles. The largest absolute Gasteiger partial charge is 0.497 e. The van der Waals surface area contributed by atoms with Gasteiger partial charge in [0.25, 0.3) is 5.91 Å². The van der Waals surface area contributed by atoms with E-state index in [-0.39, 0.29) is 12.3 Å². The van der Waals surface area contributed by atoms with Gasteiger partial charge in [-0.2, -0.15) is 0 Å². The molecule has 0 saturated carbocycles. The Morgan fingerprint density at radius 1 is 0.742 bits per heavy atom. The smallest absolute Gasteiger partial charge is 0.269 e. The van der Waals surface area contributed by atoms with Gasteiger partial charge < -0.3 is 14.2 Å². The molecule has 31 heavy (non-hydrogen) atoms.